The van der Waals surface area contributed by atoms with E-state index in [1.54, 1.807) is 18.2 Å². The molecule has 0 atom stereocenters. The van der Waals surface area contributed by atoms with Crippen LogP contribution in [0.4, 0.5) is 4.39 Å². The van der Waals surface area contributed by atoms with Gasteiger partial charge in [-0.05, 0) is 30.0 Å². The van der Waals surface area contributed by atoms with Crippen LogP contribution in [0.25, 0.3) is 0 Å². The van der Waals surface area contributed by atoms with Gasteiger partial charge in [-0.1, -0.05) is 0 Å². The molecule has 0 bridgehead atoms. The molecule has 1 rings (SSSR count). The molecule has 4 nitrogen and oxygen atoms in total. The van der Waals surface area contributed by atoms with E-state index >= 15 is 0 Å². The highest BCUT2D eigenvalue weighted by Gasteiger charge is 2.10. The normalized spacial score (nSPS) is 10.9. The smallest absolute Gasteiger partial charge is 0.145 e. The molecule has 0 saturated heterocycles. The molecule has 5 heteroatoms. The standard InChI is InChI=1S/C12H12FN3O/c1-17-12-6-9(8-16-4-2-3-14)5-11(13)10(12)7-15/h2-6H,8,14H2,1H3. The van der Waals surface area contributed by atoms with Crippen LogP contribution in [-0.2, 0) is 6.54 Å². The van der Waals surface area contributed by atoms with Crippen molar-refractivity contribution < 1.29 is 9.13 Å². The molecule has 0 radical (unpaired) electrons. The Labute approximate surface area is 98.8 Å². The summed E-state index contributed by atoms with van der Waals surface area (Å²) in [6.45, 7) is 0.295. The first-order valence-corrected chi connectivity index (χ1v) is 4.86. The van der Waals surface area contributed by atoms with Crippen molar-refractivity contribution in [2.75, 3.05) is 7.11 Å². The summed E-state index contributed by atoms with van der Waals surface area (Å²) in [7, 11) is 1.39. The topological polar surface area (TPSA) is 71.4 Å². The van der Waals surface area contributed by atoms with Gasteiger partial charge in [-0.15, -0.1) is 0 Å². The number of aliphatic imine (C=N–C) groups is 1. The summed E-state index contributed by atoms with van der Waals surface area (Å²) < 4.78 is 18.4. The van der Waals surface area contributed by atoms with Crippen LogP contribution < -0.4 is 10.5 Å². The molecule has 0 heterocycles. The van der Waals surface area contributed by atoms with Crippen LogP contribution in [0.3, 0.4) is 0 Å². The van der Waals surface area contributed by atoms with Crippen molar-refractivity contribution in [2.45, 2.75) is 6.54 Å². The summed E-state index contributed by atoms with van der Waals surface area (Å²) in [4.78, 5) is 4.01. The van der Waals surface area contributed by atoms with Gasteiger partial charge in [-0.25, -0.2) is 4.39 Å². The molecule has 88 valence electrons. The van der Waals surface area contributed by atoms with Crippen LogP contribution >= 0.6 is 0 Å². The summed E-state index contributed by atoms with van der Waals surface area (Å²) in [5, 5.41) is 8.74. The minimum Gasteiger partial charge on any atom is -0.495 e. The third kappa shape index (κ3) is 3.31. The molecule has 0 amide bonds. The Kier molecular flexibility index (Phi) is 4.70. The number of rotatable bonds is 4. The van der Waals surface area contributed by atoms with Crippen LogP contribution in [0.15, 0.2) is 29.4 Å². The number of methoxy groups -OCH3 is 1. The van der Waals surface area contributed by atoms with Gasteiger partial charge in [0.1, 0.15) is 23.2 Å². The zero-order chi connectivity index (χ0) is 12.7. The molecule has 1 aromatic carbocycles. The average molecular weight is 233 g/mol. The maximum atomic E-state index is 13.5. The van der Waals surface area contributed by atoms with E-state index in [0.717, 1.165) is 0 Å². The van der Waals surface area contributed by atoms with Crippen molar-refractivity contribution in [3.05, 3.63) is 41.4 Å². The van der Waals surface area contributed by atoms with E-state index in [9.17, 15) is 4.39 Å². The van der Waals surface area contributed by atoms with Gasteiger partial charge in [0.2, 0.25) is 0 Å². The first-order valence-electron chi connectivity index (χ1n) is 4.86. The summed E-state index contributed by atoms with van der Waals surface area (Å²) in [5.41, 5.74) is 5.66. The molecule has 0 aliphatic heterocycles. The maximum absolute atomic E-state index is 13.5. The van der Waals surface area contributed by atoms with Crippen molar-refractivity contribution in [3.63, 3.8) is 0 Å². The number of halogens is 1. The fraction of sp³-hybridized carbons (Fsp3) is 0.167. The first kappa shape index (κ1) is 12.7. The van der Waals surface area contributed by atoms with Crippen LogP contribution in [0.2, 0.25) is 0 Å². The molecule has 17 heavy (non-hydrogen) atoms. The van der Waals surface area contributed by atoms with Crippen LogP contribution in [0.1, 0.15) is 11.1 Å². The van der Waals surface area contributed by atoms with E-state index < -0.39 is 5.82 Å². The van der Waals surface area contributed by atoms with Gasteiger partial charge in [0.05, 0.1) is 13.7 Å². The Morgan fingerprint density at radius 2 is 2.35 bits per heavy atom. The largest absolute Gasteiger partial charge is 0.495 e. The minimum absolute atomic E-state index is 0.0953. The number of nitrogens with two attached hydrogens (primary N) is 1. The molecular formula is C12H12FN3O. The second-order valence-corrected chi connectivity index (χ2v) is 3.14. The number of allylic oxidation sites excluding steroid dienone is 1. The second kappa shape index (κ2) is 6.28. The predicted molar refractivity (Wildman–Crippen MR) is 63.2 cm³/mol. The van der Waals surface area contributed by atoms with Crippen molar-refractivity contribution in [2.24, 2.45) is 10.7 Å². The Balaban J connectivity index is 2.96. The highest BCUT2D eigenvalue weighted by atomic mass is 19.1. The van der Waals surface area contributed by atoms with Gasteiger partial charge in [0.15, 0.2) is 0 Å². The van der Waals surface area contributed by atoms with Gasteiger partial charge in [0.25, 0.3) is 0 Å². The van der Waals surface area contributed by atoms with E-state index in [0.29, 0.717) is 12.1 Å². The van der Waals surface area contributed by atoms with Gasteiger partial charge in [-0.2, -0.15) is 5.26 Å². The predicted octanol–water partition coefficient (Wildman–Crippen LogP) is 1.75. The first-order chi connectivity index (χ1) is 8.22. The summed E-state index contributed by atoms with van der Waals surface area (Å²) in [5.74, 6) is -0.390. The third-order valence-corrected chi connectivity index (χ3v) is 2.02. The molecule has 0 aromatic heterocycles. The molecule has 2 N–H and O–H groups in total. The van der Waals surface area contributed by atoms with E-state index in [-0.39, 0.29) is 11.3 Å². The summed E-state index contributed by atoms with van der Waals surface area (Å²) >= 11 is 0. The lowest BCUT2D eigenvalue weighted by Gasteiger charge is -2.05. The summed E-state index contributed by atoms with van der Waals surface area (Å²) in [6.07, 6.45) is 4.43. The molecular weight excluding hydrogens is 221 g/mol. The molecule has 0 aliphatic carbocycles. The highest BCUT2D eigenvalue weighted by Crippen LogP contribution is 2.23. The van der Waals surface area contributed by atoms with Crippen LogP contribution in [-0.4, -0.2) is 13.3 Å². The van der Waals surface area contributed by atoms with Crippen molar-refractivity contribution >= 4 is 6.21 Å². The van der Waals surface area contributed by atoms with Gasteiger partial charge in [-0.3, -0.25) is 4.99 Å². The number of nitriles is 1. The quantitative estimate of drug-likeness (QED) is 0.805. The molecule has 0 saturated carbocycles. The van der Waals surface area contributed by atoms with E-state index in [4.69, 9.17) is 15.7 Å². The van der Waals surface area contributed by atoms with Crippen molar-refractivity contribution in [1.29, 1.82) is 5.26 Å². The van der Waals surface area contributed by atoms with E-state index in [1.807, 2.05) is 0 Å². The number of nitrogens with zero attached hydrogens (tertiary/aromatic N) is 2. The van der Waals surface area contributed by atoms with Crippen molar-refractivity contribution in [3.8, 4) is 11.8 Å². The second-order valence-electron chi connectivity index (χ2n) is 3.14. The highest BCUT2D eigenvalue weighted by molar-refractivity contribution is 5.70. The number of hydrogen-bond donors (Lipinski definition) is 1. The SMILES string of the molecule is COc1cc(CN=CC=CN)cc(F)c1C#N. The van der Waals surface area contributed by atoms with Crippen molar-refractivity contribution in [1.82, 2.24) is 0 Å². The number of hydrogen-bond acceptors (Lipinski definition) is 4. The van der Waals surface area contributed by atoms with Crippen LogP contribution in [0.5, 0.6) is 5.75 Å². The Bertz CT molecular complexity index is 489. The lowest BCUT2D eigenvalue weighted by Crippen LogP contribution is -1.95. The van der Waals surface area contributed by atoms with Crippen LogP contribution in [0, 0.1) is 17.1 Å². The maximum Gasteiger partial charge on any atom is 0.145 e. The van der Waals surface area contributed by atoms with Gasteiger partial charge >= 0.3 is 0 Å². The van der Waals surface area contributed by atoms with E-state index in [2.05, 4.69) is 4.99 Å². The van der Waals surface area contributed by atoms with Gasteiger partial charge in [0, 0.05) is 6.21 Å². The average Bonchev–Trinajstić information content (AvgIpc) is 2.34. The lowest BCUT2D eigenvalue weighted by molar-refractivity contribution is 0.409. The minimum atomic E-state index is -0.605. The molecule has 0 spiro atoms. The fourth-order valence-electron chi connectivity index (χ4n) is 1.26. The molecule has 1 aromatic rings. The third-order valence-electron chi connectivity index (χ3n) is 2.02. The molecule has 0 aliphatic rings. The summed E-state index contributed by atoms with van der Waals surface area (Å²) in [6, 6.07) is 4.61. The van der Waals surface area contributed by atoms with Gasteiger partial charge < -0.3 is 10.5 Å². The number of ether oxygens (including phenoxy) is 1. The lowest BCUT2D eigenvalue weighted by atomic mass is 10.1. The Morgan fingerprint density at radius 3 is 2.94 bits per heavy atom. The Hall–Kier alpha value is -2.35. The fourth-order valence-corrected chi connectivity index (χ4v) is 1.26. The monoisotopic (exact) mass is 233 g/mol. The zero-order valence-electron chi connectivity index (χ0n) is 9.35. The molecule has 0 unspecified atom stereocenters. The number of benzene rings is 1. The molecule has 0 fully saturated rings. The zero-order valence-corrected chi connectivity index (χ0v) is 9.35. The van der Waals surface area contributed by atoms with E-state index in [1.165, 1.54) is 25.6 Å². The Morgan fingerprint density at radius 1 is 1.59 bits per heavy atom.